The first-order chi connectivity index (χ1) is 12.2. The SMILES string of the molecule is CN1CCC(c2nn(C(=O)Oc3ccccc3)c3ccccc23)CC1. The van der Waals surface area contributed by atoms with Gasteiger partial charge in [0.05, 0.1) is 11.2 Å². The van der Waals surface area contributed by atoms with Gasteiger partial charge in [0.15, 0.2) is 0 Å². The number of rotatable bonds is 2. The molecule has 4 rings (SSSR count). The molecule has 1 aliphatic rings. The zero-order valence-corrected chi connectivity index (χ0v) is 14.3. The van der Waals surface area contributed by atoms with Crippen LogP contribution in [-0.2, 0) is 0 Å². The molecule has 0 radical (unpaired) electrons. The van der Waals surface area contributed by atoms with Crippen LogP contribution in [0.4, 0.5) is 4.79 Å². The number of carbonyl (C=O) groups excluding carboxylic acids is 1. The number of fused-ring (bicyclic) bond motifs is 1. The van der Waals surface area contributed by atoms with Crippen molar-refractivity contribution in [3.05, 3.63) is 60.3 Å². The molecule has 0 atom stereocenters. The third-order valence-corrected chi connectivity index (χ3v) is 4.84. The van der Waals surface area contributed by atoms with Gasteiger partial charge < -0.3 is 9.64 Å². The Morgan fingerprint density at radius 2 is 1.72 bits per heavy atom. The van der Waals surface area contributed by atoms with Crippen molar-refractivity contribution in [2.24, 2.45) is 0 Å². The molecule has 0 saturated carbocycles. The van der Waals surface area contributed by atoms with Crippen LogP contribution < -0.4 is 4.74 Å². The largest absolute Gasteiger partial charge is 0.440 e. The normalized spacial score (nSPS) is 16.2. The topological polar surface area (TPSA) is 47.4 Å². The fraction of sp³-hybridized carbons (Fsp3) is 0.300. The Morgan fingerprint density at radius 3 is 2.48 bits per heavy atom. The zero-order valence-electron chi connectivity index (χ0n) is 14.3. The molecule has 5 nitrogen and oxygen atoms in total. The lowest BCUT2D eigenvalue weighted by molar-refractivity contribution is 0.199. The van der Waals surface area contributed by atoms with E-state index in [-0.39, 0.29) is 0 Å². The smallest absolute Gasteiger partial charge is 0.409 e. The van der Waals surface area contributed by atoms with Gasteiger partial charge in [0, 0.05) is 11.3 Å². The average Bonchev–Trinajstić information content (AvgIpc) is 3.03. The summed E-state index contributed by atoms with van der Waals surface area (Å²) in [6, 6.07) is 17.0. The second-order valence-electron chi connectivity index (χ2n) is 6.57. The van der Waals surface area contributed by atoms with Crippen molar-refractivity contribution in [3.63, 3.8) is 0 Å². The highest BCUT2D eigenvalue weighted by atomic mass is 16.6. The molecule has 1 aliphatic heterocycles. The predicted octanol–water partition coefficient (Wildman–Crippen LogP) is 3.89. The summed E-state index contributed by atoms with van der Waals surface area (Å²) in [5, 5.41) is 5.70. The van der Waals surface area contributed by atoms with Gasteiger partial charge in [-0.05, 0) is 51.2 Å². The molecule has 0 aliphatic carbocycles. The fourth-order valence-electron chi connectivity index (χ4n) is 3.45. The highest BCUT2D eigenvalue weighted by molar-refractivity contribution is 5.90. The van der Waals surface area contributed by atoms with Crippen molar-refractivity contribution >= 4 is 17.0 Å². The minimum Gasteiger partial charge on any atom is -0.409 e. The molecule has 1 fully saturated rings. The molecule has 128 valence electrons. The van der Waals surface area contributed by atoms with Gasteiger partial charge >= 0.3 is 6.09 Å². The van der Waals surface area contributed by atoms with Gasteiger partial charge in [0.1, 0.15) is 5.75 Å². The first-order valence-electron chi connectivity index (χ1n) is 8.66. The van der Waals surface area contributed by atoms with E-state index >= 15 is 0 Å². The molecule has 0 bridgehead atoms. The maximum absolute atomic E-state index is 12.6. The van der Waals surface area contributed by atoms with Crippen LogP contribution in [0.2, 0.25) is 0 Å². The van der Waals surface area contributed by atoms with Crippen LogP contribution in [0, 0.1) is 0 Å². The van der Waals surface area contributed by atoms with Crippen LogP contribution in [0.25, 0.3) is 10.9 Å². The van der Waals surface area contributed by atoms with E-state index < -0.39 is 6.09 Å². The molecule has 3 aromatic rings. The summed E-state index contributed by atoms with van der Waals surface area (Å²) in [5.41, 5.74) is 1.81. The second kappa shape index (κ2) is 6.69. The van der Waals surface area contributed by atoms with Crippen molar-refractivity contribution < 1.29 is 9.53 Å². The van der Waals surface area contributed by atoms with E-state index in [0.717, 1.165) is 42.5 Å². The molecule has 0 unspecified atom stereocenters. The summed E-state index contributed by atoms with van der Waals surface area (Å²) in [6.07, 6.45) is 1.65. The van der Waals surface area contributed by atoms with Crippen LogP contribution >= 0.6 is 0 Å². The van der Waals surface area contributed by atoms with Gasteiger partial charge in [-0.3, -0.25) is 0 Å². The van der Waals surface area contributed by atoms with Crippen molar-refractivity contribution in [3.8, 4) is 5.75 Å². The first-order valence-corrected chi connectivity index (χ1v) is 8.66. The van der Waals surface area contributed by atoms with Gasteiger partial charge in [-0.15, -0.1) is 0 Å². The van der Waals surface area contributed by atoms with Gasteiger partial charge in [-0.2, -0.15) is 9.78 Å². The summed E-state index contributed by atoms with van der Waals surface area (Å²) in [7, 11) is 2.14. The summed E-state index contributed by atoms with van der Waals surface area (Å²) < 4.78 is 6.88. The maximum Gasteiger partial charge on any atom is 0.440 e. The van der Waals surface area contributed by atoms with Crippen molar-refractivity contribution in [2.75, 3.05) is 20.1 Å². The van der Waals surface area contributed by atoms with Gasteiger partial charge in [0.2, 0.25) is 0 Å². The number of hydrogen-bond acceptors (Lipinski definition) is 4. The third kappa shape index (κ3) is 3.15. The lowest BCUT2D eigenvalue weighted by atomic mass is 9.92. The molecule has 0 spiro atoms. The number of benzene rings is 2. The Balaban J connectivity index is 1.68. The number of ether oxygens (including phenoxy) is 1. The molecule has 0 N–H and O–H groups in total. The first kappa shape index (κ1) is 15.8. The number of hydrogen-bond donors (Lipinski definition) is 0. The standard InChI is InChI=1S/C20H21N3O2/c1-22-13-11-15(12-14-22)19-17-9-5-6-10-18(17)23(21-19)20(24)25-16-7-3-2-4-8-16/h2-10,15H,11-14H2,1H3. The summed E-state index contributed by atoms with van der Waals surface area (Å²) >= 11 is 0. The second-order valence-corrected chi connectivity index (χ2v) is 6.57. The molecular formula is C20H21N3O2. The molecule has 25 heavy (non-hydrogen) atoms. The maximum atomic E-state index is 12.6. The van der Waals surface area contributed by atoms with Gasteiger partial charge in [0.25, 0.3) is 0 Å². The minimum atomic E-state index is -0.471. The highest BCUT2D eigenvalue weighted by Crippen LogP contribution is 2.32. The average molecular weight is 335 g/mol. The molecule has 2 aromatic carbocycles. The Kier molecular flexibility index (Phi) is 4.24. The summed E-state index contributed by atoms with van der Waals surface area (Å²) in [5.74, 6) is 0.903. The number of piperidine rings is 1. The van der Waals surface area contributed by atoms with Crippen molar-refractivity contribution in [2.45, 2.75) is 18.8 Å². The fourth-order valence-corrected chi connectivity index (χ4v) is 3.45. The minimum absolute atomic E-state index is 0.381. The van der Waals surface area contributed by atoms with E-state index in [0.29, 0.717) is 11.7 Å². The van der Waals surface area contributed by atoms with Crippen LogP contribution in [0.3, 0.4) is 0 Å². The lowest BCUT2D eigenvalue weighted by Gasteiger charge is -2.28. The summed E-state index contributed by atoms with van der Waals surface area (Å²) in [6.45, 7) is 2.11. The van der Waals surface area contributed by atoms with E-state index in [1.54, 1.807) is 12.1 Å². The third-order valence-electron chi connectivity index (χ3n) is 4.84. The quantitative estimate of drug-likeness (QED) is 0.713. The van der Waals surface area contributed by atoms with Gasteiger partial charge in [-0.1, -0.05) is 36.4 Å². The van der Waals surface area contributed by atoms with Crippen LogP contribution in [0.15, 0.2) is 54.6 Å². The molecular weight excluding hydrogens is 314 g/mol. The van der Waals surface area contributed by atoms with E-state index in [9.17, 15) is 4.79 Å². The van der Waals surface area contributed by atoms with E-state index in [4.69, 9.17) is 4.74 Å². The van der Waals surface area contributed by atoms with Crippen LogP contribution in [0.5, 0.6) is 5.75 Å². The molecule has 0 amide bonds. The number of likely N-dealkylation sites (tertiary alicyclic amines) is 1. The van der Waals surface area contributed by atoms with E-state index in [1.165, 1.54) is 4.68 Å². The Hall–Kier alpha value is -2.66. The molecule has 1 saturated heterocycles. The zero-order chi connectivity index (χ0) is 17.2. The van der Waals surface area contributed by atoms with Crippen molar-refractivity contribution in [1.29, 1.82) is 0 Å². The predicted molar refractivity (Wildman–Crippen MR) is 97.1 cm³/mol. The van der Waals surface area contributed by atoms with E-state index in [2.05, 4.69) is 17.0 Å². The van der Waals surface area contributed by atoms with Crippen molar-refractivity contribution in [1.82, 2.24) is 14.7 Å². The summed E-state index contributed by atoms with van der Waals surface area (Å²) in [4.78, 5) is 15.0. The molecule has 5 heteroatoms. The monoisotopic (exact) mass is 335 g/mol. The van der Waals surface area contributed by atoms with Crippen LogP contribution in [0.1, 0.15) is 24.5 Å². The lowest BCUT2D eigenvalue weighted by Crippen LogP contribution is -2.29. The Bertz CT molecular complexity index is 880. The molecule has 2 heterocycles. The number of aromatic nitrogens is 2. The Labute approximate surface area is 146 Å². The number of carbonyl (C=O) groups is 1. The molecule has 1 aromatic heterocycles. The number of para-hydroxylation sites is 2. The highest BCUT2D eigenvalue weighted by Gasteiger charge is 2.25. The van der Waals surface area contributed by atoms with Gasteiger partial charge in [-0.25, -0.2) is 4.79 Å². The van der Waals surface area contributed by atoms with E-state index in [1.807, 2.05) is 42.5 Å². The van der Waals surface area contributed by atoms with Crippen LogP contribution in [-0.4, -0.2) is 40.9 Å². The number of nitrogens with zero attached hydrogens (tertiary/aromatic N) is 3. The Morgan fingerprint density at radius 1 is 1.04 bits per heavy atom.